The second-order valence-corrected chi connectivity index (χ2v) is 5.54. The van der Waals surface area contributed by atoms with Crippen molar-refractivity contribution < 1.29 is 0 Å². The molecule has 98 valence electrons. The number of fused-ring (bicyclic) bond motifs is 2. The van der Waals surface area contributed by atoms with Crippen molar-refractivity contribution in [1.82, 2.24) is 19.9 Å². The van der Waals surface area contributed by atoms with E-state index in [4.69, 9.17) is 5.73 Å². The first-order valence-corrected chi connectivity index (χ1v) is 6.89. The van der Waals surface area contributed by atoms with Gasteiger partial charge in [-0.3, -0.25) is 0 Å². The third-order valence-electron chi connectivity index (χ3n) is 4.50. The van der Waals surface area contributed by atoms with Gasteiger partial charge in [0, 0.05) is 24.4 Å². The topological polar surface area (TPSA) is 67.9 Å². The fourth-order valence-electron chi connectivity index (χ4n) is 3.42. The molecule has 2 saturated heterocycles. The molecule has 2 aliphatic rings. The number of aromatic nitrogens is 3. The van der Waals surface area contributed by atoms with Crippen LogP contribution in [0.3, 0.4) is 0 Å². The van der Waals surface area contributed by atoms with Gasteiger partial charge in [-0.25, -0.2) is 4.98 Å². The molecular weight excluding hydrogens is 226 g/mol. The number of piperidine rings is 1. The number of rotatable bonds is 2. The van der Waals surface area contributed by atoms with Crippen molar-refractivity contribution in [3.05, 3.63) is 11.6 Å². The van der Waals surface area contributed by atoms with E-state index in [0.29, 0.717) is 23.9 Å². The monoisotopic (exact) mass is 247 g/mol. The summed E-state index contributed by atoms with van der Waals surface area (Å²) in [6, 6.07) is 1.41. The molecule has 18 heavy (non-hydrogen) atoms. The molecule has 2 atom stereocenters. The Hall–Kier alpha value is -1.23. The van der Waals surface area contributed by atoms with E-state index >= 15 is 0 Å². The van der Waals surface area contributed by atoms with Gasteiger partial charge in [0.05, 0.1) is 0 Å². The summed E-state index contributed by atoms with van der Waals surface area (Å²) < 4.78 is 0. The molecule has 2 N–H and O–H groups in total. The summed E-state index contributed by atoms with van der Waals surface area (Å²) in [4.78, 5) is 15.6. The molecular formula is C13H21N5. The molecule has 2 fully saturated rings. The molecule has 0 aliphatic carbocycles. The number of hydrogen-bond donors (Lipinski definition) is 1. The van der Waals surface area contributed by atoms with Crippen LogP contribution in [-0.2, 0) is 6.42 Å². The van der Waals surface area contributed by atoms with E-state index in [9.17, 15) is 0 Å². The van der Waals surface area contributed by atoms with Gasteiger partial charge in [-0.15, -0.1) is 0 Å². The molecule has 3 heterocycles. The number of nitrogen functional groups attached to an aromatic ring is 1. The van der Waals surface area contributed by atoms with Crippen LogP contribution in [0.4, 0.5) is 5.95 Å². The molecule has 0 saturated carbocycles. The lowest BCUT2D eigenvalue weighted by Crippen LogP contribution is -2.39. The summed E-state index contributed by atoms with van der Waals surface area (Å²) in [5.74, 6) is 2.59. The lowest BCUT2D eigenvalue weighted by molar-refractivity contribution is 0.158. The van der Waals surface area contributed by atoms with E-state index in [1.54, 1.807) is 0 Å². The molecule has 2 unspecified atom stereocenters. The Kier molecular flexibility index (Phi) is 2.93. The largest absolute Gasteiger partial charge is 0.368 e. The Balaban J connectivity index is 1.85. The summed E-state index contributed by atoms with van der Waals surface area (Å²) in [7, 11) is 2.25. The highest BCUT2D eigenvalue weighted by molar-refractivity contribution is 5.18. The average molecular weight is 247 g/mol. The van der Waals surface area contributed by atoms with E-state index in [-0.39, 0.29) is 0 Å². The van der Waals surface area contributed by atoms with Crippen LogP contribution in [0, 0.1) is 0 Å². The van der Waals surface area contributed by atoms with Crippen molar-refractivity contribution in [2.45, 2.75) is 57.0 Å². The maximum absolute atomic E-state index is 5.78. The Bertz CT molecular complexity index is 433. The molecule has 5 nitrogen and oxygen atoms in total. The second kappa shape index (κ2) is 4.46. The summed E-state index contributed by atoms with van der Waals surface area (Å²) in [5.41, 5.74) is 5.78. The number of nitrogens with zero attached hydrogens (tertiary/aromatic N) is 4. The van der Waals surface area contributed by atoms with Gasteiger partial charge in [0.25, 0.3) is 0 Å². The fraction of sp³-hybridized carbons (Fsp3) is 0.769. The van der Waals surface area contributed by atoms with Gasteiger partial charge in [0.15, 0.2) is 0 Å². The highest BCUT2D eigenvalue weighted by Crippen LogP contribution is 2.41. The van der Waals surface area contributed by atoms with Crippen molar-refractivity contribution in [2.24, 2.45) is 0 Å². The number of aryl methyl sites for hydroxylation is 1. The van der Waals surface area contributed by atoms with Crippen LogP contribution in [0.15, 0.2) is 0 Å². The van der Waals surface area contributed by atoms with Crippen molar-refractivity contribution in [1.29, 1.82) is 0 Å². The van der Waals surface area contributed by atoms with E-state index in [2.05, 4.69) is 33.8 Å². The minimum absolute atomic E-state index is 0.378. The molecule has 1 aromatic heterocycles. The predicted octanol–water partition coefficient (Wildman–Crippen LogP) is 1.36. The van der Waals surface area contributed by atoms with Gasteiger partial charge in [0.1, 0.15) is 11.6 Å². The van der Waals surface area contributed by atoms with Gasteiger partial charge >= 0.3 is 0 Å². The maximum Gasteiger partial charge on any atom is 0.223 e. The summed E-state index contributed by atoms with van der Waals surface area (Å²) in [6.07, 6.45) is 5.79. The lowest BCUT2D eigenvalue weighted by Gasteiger charge is -2.35. The average Bonchev–Trinajstić information content (AvgIpc) is 2.60. The van der Waals surface area contributed by atoms with Crippen molar-refractivity contribution >= 4 is 5.95 Å². The maximum atomic E-state index is 5.78. The molecule has 0 amide bonds. The smallest absolute Gasteiger partial charge is 0.223 e. The summed E-state index contributed by atoms with van der Waals surface area (Å²) in [6.45, 7) is 2.05. The Morgan fingerprint density at radius 2 is 1.83 bits per heavy atom. The van der Waals surface area contributed by atoms with Crippen LogP contribution in [0.5, 0.6) is 0 Å². The molecule has 5 heteroatoms. The minimum atomic E-state index is 0.378. The van der Waals surface area contributed by atoms with Crippen LogP contribution in [0.1, 0.15) is 50.2 Å². The van der Waals surface area contributed by atoms with E-state index < -0.39 is 0 Å². The van der Waals surface area contributed by atoms with Crippen molar-refractivity contribution in [3.63, 3.8) is 0 Å². The molecule has 0 radical (unpaired) electrons. The highest BCUT2D eigenvalue weighted by atomic mass is 15.2. The zero-order chi connectivity index (χ0) is 12.7. The Labute approximate surface area is 108 Å². The third-order valence-corrected chi connectivity index (χ3v) is 4.50. The van der Waals surface area contributed by atoms with Gasteiger partial charge in [-0.05, 0) is 32.7 Å². The summed E-state index contributed by atoms with van der Waals surface area (Å²) in [5, 5.41) is 0. The first kappa shape index (κ1) is 11.8. The fourth-order valence-corrected chi connectivity index (χ4v) is 3.42. The molecule has 2 bridgehead atoms. The van der Waals surface area contributed by atoms with Gasteiger partial charge in [0.2, 0.25) is 5.95 Å². The Morgan fingerprint density at radius 1 is 1.17 bits per heavy atom. The molecule has 3 rings (SSSR count). The molecule has 0 aromatic carbocycles. The number of hydrogen-bond acceptors (Lipinski definition) is 5. The first-order valence-electron chi connectivity index (χ1n) is 6.89. The van der Waals surface area contributed by atoms with Gasteiger partial charge < -0.3 is 10.6 Å². The SMILES string of the molecule is CCc1nc(N)nc(C2CC3CCC(C2)N3C)n1. The standard InChI is InChI=1S/C13H21N5/c1-3-11-15-12(17-13(14)16-11)8-6-9-4-5-10(7-8)18(9)2/h8-10H,3-7H2,1-2H3,(H2,14,15,16,17). The summed E-state index contributed by atoms with van der Waals surface area (Å²) >= 11 is 0. The quantitative estimate of drug-likeness (QED) is 0.854. The number of nitrogens with two attached hydrogens (primary N) is 1. The normalized spacial score (nSPS) is 31.8. The van der Waals surface area contributed by atoms with E-state index in [1.807, 2.05) is 0 Å². The molecule has 2 aliphatic heterocycles. The molecule has 1 aromatic rings. The third kappa shape index (κ3) is 1.96. The van der Waals surface area contributed by atoms with E-state index in [1.165, 1.54) is 25.7 Å². The van der Waals surface area contributed by atoms with E-state index in [0.717, 1.165) is 18.1 Å². The predicted molar refractivity (Wildman–Crippen MR) is 70.2 cm³/mol. The minimum Gasteiger partial charge on any atom is -0.368 e. The second-order valence-electron chi connectivity index (χ2n) is 5.54. The highest BCUT2D eigenvalue weighted by Gasteiger charge is 2.39. The van der Waals surface area contributed by atoms with Crippen molar-refractivity contribution in [3.8, 4) is 0 Å². The zero-order valence-corrected chi connectivity index (χ0v) is 11.1. The Morgan fingerprint density at radius 3 is 2.44 bits per heavy atom. The van der Waals surface area contributed by atoms with Crippen molar-refractivity contribution in [2.75, 3.05) is 12.8 Å². The number of anilines is 1. The van der Waals surface area contributed by atoms with Crippen LogP contribution >= 0.6 is 0 Å². The van der Waals surface area contributed by atoms with Crippen LogP contribution < -0.4 is 5.73 Å². The molecule has 0 spiro atoms. The van der Waals surface area contributed by atoms with Gasteiger partial charge in [-0.1, -0.05) is 6.92 Å². The van der Waals surface area contributed by atoms with Crippen LogP contribution in [0.25, 0.3) is 0 Å². The lowest BCUT2D eigenvalue weighted by atomic mass is 9.90. The van der Waals surface area contributed by atoms with Crippen LogP contribution in [0.2, 0.25) is 0 Å². The van der Waals surface area contributed by atoms with Crippen LogP contribution in [-0.4, -0.2) is 39.0 Å². The zero-order valence-electron chi connectivity index (χ0n) is 11.1. The first-order chi connectivity index (χ1) is 8.67. The van der Waals surface area contributed by atoms with Gasteiger partial charge in [-0.2, -0.15) is 9.97 Å².